The minimum Gasteiger partial charge on any atom is -0.317 e. The van der Waals surface area contributed by atoms with Crippen molar-refractivity contribution in [2.75, 3.05) is 6.54 Å². The Morgan fingerprint density at radius 3 is 2.68 bits per heavy atom. The molecule has 1 aromatic heterocycles. The predicted molar refractivity (Wildman–Crippen MR) is 111 cm³/mol. The molecular formula is C22H31N3O2S. The average molecular weight is 402 g/mol. The molecule has 2 aliphatic rings. The second kappa shape index (κ2) is 7.99. The summed E-state index contributed by atoms with van der Waals surface area (Å²) in [6.07, 6.45) is 7.04. The van der Waals surface area contributed by atoms with Gasteiger partial charge in [0.15, 0.2) is 0 Å². The van der Waals surface area contributed by atoms with Gasteiger partial charge in [0.2, 0.25) is 15.0 Å². The molecule has 2 aromatic rings. The second-order valence-electron chi connectivity index (χ2n) is 8.90. The van der Waals surface area contributed by atoms with E-state index in [0.29, 0.717) is 18.5 Å². The van der Waals surface area contributed by atoms with Gasteiger partial charge in [0.25, 0.3) is 0 Å². The molecule has 1 aliphatic carbocycles. The van der Waals surface area contributed by atoms with E-state index in [4.69, 9.17) is 0 Å². The van der Waals surface area contributed by atoms with E-state index in [9.17, 15) is 8.42 Å². The first-order valence-corrected chi connectivity index (χ1v) is 12.1. The lowest BCUT2D eigenvalue weighted by Gasteiger charge is -2.25. The molecule has 0 amide bonds. The number of fused-ring (bicyclic) bond motifs is 2. The standard InChI is InChI=1S/C22H31N3O2S/c1-17(2)13-25-21(15-24-14-19-9-6-10-20(24)11-19)12-23-22(25)28(26,27)16-18-7-4-3-5-8-18/h3-5,7-8,12,17,19-20H,6,9-11,13-16H2,1-2H3/t19-,20+/m1/s1. The van der Waals surface area contributed by atoms with Crippen molar-refractivity contribution >= 4 is 9.84 Å². The number of imidazole rings is 1. The highest BCUT2D eigenvalue weighted by Gasteiger charge is 2.36. The van der Waals surface area contributed by atoms with Gasteiger partial charge in [0.05, 0.1) is 17.6 Å². The maximum atomic E-state index is 13.1. The molecule has 6 heteroatoms. The van der Waals surface area contributed by atoms with Crippen LogP contribution in [0.2, 0.25) is 0 Å². The maximum Gasteiger partial charge on any atom is 0.228 e. The molecule has 2 fully saturated rings. The van der Waals surface area contributed by atoms with Crippen molar-refractivity contribution in [3.8, 4) is 0 Å². The maximum absolute atomic E-state index is 13.1. The van der Waals surface area contributed by atoms with Crippen molar-refractivity contribution in [3.05, 3.63) is 47.8 Å². The molecule has 2 heterocycles. The summed E-state index contributed by atoms with van der Waals surface area (Å²) in [6, 6.07) is 10.0. The van der Waals surface area contributed by atoms with Crippen molar-refractivity contribution in [1.29, 1.82) is 0 Å². The number of hydrogen-bond donors (Lipinski definition) is 0. The van der Waals surface area contributed by atoms with E-state index >= 15 is 0 Å². The van der Waals surface area contributed by atoms with Crippen LogP contribution in [-0.2, 0) is 28.7 Å². The number of aromatic nitrogens is 2. The number of nitrogens with zero attached hydrogens (tertiary/aromatic N) is 3. The Bertz CT molecular complexity index is 905. The van der Waals surface area contributed by atoms with Crippen LogP contribution >= 0.6 is 0 Å². The number of sulfone groups is 1. The minimum atomic E-state index is -3.49. The summed E-state index contributed by atoms with van der Waals surface area (Å²) in [5.74, 6) is 1.18. The van der Waals surface area contributed by atoms with Gasteiger partial charge in [0.1, 0.15) is 0 Å². The van der Waals surface area contributed by atoms with Crippen LogP contribution in [0, 0.1) is 11.8 Å². The summed E-state index contributed by atoms with van der Waals surface area (Å²) in [5.41, 5.74) is 1.84. The Labute approximate surface area is 168 Å². The van der Waals surface area contributed by atoms with E-state index in [2.05, 4.69) is 23.7 Å². The number of hydrogen-bond acceptors (Lipinski definition) is 4. The Hall–Kier alpha value is -1.66. The molecule has 1 saturated heterocycles. The fourth-order valence-corrected chi connectivity index (χ4v) is 6.33. The predicted octanol–water partition coefficient (Wildman–Crippen LogP) is 3.89. The van der Waals surface area contributed by atoms with Crippen molar-refractivity contribution < 1.29 is 8.42 Å². The first-order chi connectivity index (χ1) is 13.4. The highest BCUT2D eigenvalue weighted by Crippen LogP contribution is 2.36. The van der Waals surface area contributed by atoms with Crippen LogP contribution in [0.1, 0.15) is 50.8 Å². The topological polar surface area (TPSA) is 55.2 Å². The molecule has 0 spiro atoms. The van der Waals surface area contributed by atoms with Crippen LogP contribution in [0.5, 0.6) is 0 Å². The molecule has 4 rings (SSSR count). The van der Waals surface area contributed by atoms with Gasteiger partial charge in [-0.1, -0.05) is 50.6 Å². The Balaban J connectivity index is 1.61. The normalized spacial score (nSPS) is 22.8. The van der Waals surface area contributed by atoms with Crippen LogP contribution in [0.25, 0.3) is 0 Å². The van der Waals surface area contributed by atoms with E-state index in [1.54, 1.807) is 6.20 Å². The highest BCUT2D eigenvalue weighted by molar-refractivity contribution is 7.90. The van der Waals surface area contributed by atoms with E-state index in [1.807, 2.05) is 34.9 Å². The molecule has 0 unspecified atom stereocenters. The highest BCUT2D eigenvalue weighted by atomic mass is 32.2. The quantitative estimate of drug-likeness (QED) is 0.706. The lowest BCUT2D eigenvalue weighted by molar-refractivity contribution is 0.229. The van der Waals surface area contributed by atoms with Gasteiger partial charge in [-0.05, 0) is 36.7 Å². The Morgan fingerprint density at radius 1 is 1.18 bits per heavy atom. The SMILES string of the molecule is CC(C)Cn1c(CN2C[C@@H]3CCC[C@H]2C3)cnc1S(=O)(=O)Cc1ccccc1. The fourth-order valence-electron chi connectivity index (χ4n) is 4.83. The third-order valence-corrected chi connectivity index (χ3v) is 7.65. The molecule has 1 aliphatic heterocycles. The molecule has 1 saturated carbocycles. The lowest BCUT2D eigenvalue weighted by atomic mass is 9.90. The molecule has 2 atom stereocenters. The molecular weight excluding hydrogens is 370 g/mol. The van der Waals surface area contributed by atoms with Gasteiger partial charge in [-0.2, -0.15) is 0 Å². The third-order valence-electron chi connectivity index (χ3n) is 6.06. The van der Waals surface area contributed by atoms with Crippen molar-refractivity contribution in [2.45, 2.75) is 69.6 Å². The Kier molecular flexibility index (Phi) is 5.61. The van der Waals surface area contributed by atoms with Crippen molar-refractivity contribution in [3.63, 3.8) is 0 Å². The summed E-state index contributed by atoms with van der Waals surface area (Å²) in [7, 11) is -3.49. The summed E-state index contributed by atoms with van der Waals surface area (Å²) in [5, 5.41) is 0.224. The zero-order chi connectivity index (χ0) is 19.7. The van der Waals surface area contributed by atoms with Crippen molar-refractivity contribution in [2.24, 2.45) is 11.8 Å². The van der Waals surface area contributed by atoms with Gasteiger partial charge in [-0.15, -0.1) is 0 Å². The third kappa shape index (κ3) is 4.18. The summed E-state index contributed by atoms with van der Waals surface area (Å²) < 4.78 is 28.2. The Morgan fingerprint density at radius 2 is 1.96 bits per heavy atom. The summed E-state index contributed by atoms with van der Waals surface area (Å²) in [4.78, 5) is 6.97. The minimum absolute atomic E-state index is 0.00317. The molecule has 28 heavy (non-hydrogen) atoms. The van der Waals surface area contributed by atoms with Gasteiger partial charge in [0, 0.05) is 25.7 Å². The molecule has 2 bridgehead atoms. The lowest BCUT2D eigenvalue weighted by Crippen LogP contribution is -2.30. The van der Waals surface area contributed by atoms with Gasteiger partial charge in [-0.3, -0.25) is 4.90 Å². The van der Waals surface area contributed by atoms with Gasteiger partial charge >= 0.3 is 0 Å². The molecule has 0 N–H and O–H groups in total. The molecule has 5 nitrogen and oxygen atoms in total. The van der Waals surface area contributed by atoms with E-state index in [-0.39, 0.29) is 10.9 Å². The smallest absolute Gasteiger partial charge is 0.228 e. The van der Waals surface area contributed by atoms with Crippen molar-refractivity contribution in [1.82, 2.24) is 14.5 Å². The largest absolute Gasteiger partial charge is 0.317 e. The van der Waals surface area contributed by atoms with E-state index in [0.717, 1.165) is 30.3 Å². The first-order valence-electron chi connectivity index (χ1n) is 10.5. The van der Waals surface area contributed by atoms with Crippen LogP contribution < -0.4 is 0 Å². The summed E-state index contributed by atoms with van der Waals surface area (Å²) in [6.45, 7) is 6.88. The fraction of sp³-hybridized carbons (Fsp3) is 0.591. The molecule has 1 aromatic carbocycles. The zero-order valence-electron chi connectivity index (χ0n) is 16.9. The number of likely N-dealkylation sites (tertiary alicyclic amines) is 1. The van der Waals surface area contributed by atoms with Gasteiger partial charge in [-0.25, -0.2) is 13.4 Å². The average Bonchev–Trinajstić information content (AvgIpc) is 3.16. The number of benzene rings is 1. The van der Waals surface area contributed by atoms with E-state index in [1.165, 1.54) is 25.7 Å². The van der Waals surface area contributed by atoms with Crippen LogP contribution in [0.3, 0.4) is 0 Å². The molecule has 152 valence electrons. The molecule has 0 radical (unpaired) electrons. The monoisotopic (exact) mass is 401 g/mol. The van der Waals surface area contributed by atoms with Crippen LogP contribution in [0.15, 0.2) is 41.7 Å². The van der Waals surface area contributed by atoms with Crippen LogP contribution in [0.4, 0.5) is 0 Å². The second-order valence-corrected chi connectivity index (χ2v) is 10.8. The van der Waals surface area contributed by atoms with Crippen LogP contribution in [-0.4, -0.2) is 35.5 Å². The zero-order valence-corrected chi connectivity index (χ0v) is 17.7. The van der Waals surface area contributed by atoms with E-state index < -0.39 is 9.84 Å². The first kappa shape index (κ1) is 19.6. The van der Waals surface area contributed by atoms with Gasteiger partial charge < -0.3 is 4.57 Å². The number of rotatable bonds is 7. The summed E-state index contributed by atoms with van der Waals surface area (Å²) >= 11 is 0.